The van der Waals surface area contributed by atoms with Gasteiger partial charge in [0.1, 0.15) is 0 Å². The maximum atomic E-state index is 11.9. The molecule has 2 fully saturated rings. The molecule has 0 radical (unpaired) electrons. The summed E-state index contributed by atoms with van der Waals surface area (Å²) in [6, 6.07) is 0.0709. The minimum atomic E-state index is 0.0709. The molecule has 2 amide bonds. The molecule has 2 aliphatic rings. The summed E-state index contributed by atoms with van der Waals surface area (Å²) in [5, 5.41) is 2.98. The molecule has 5 heteroatoms. The van der Waals surface area contributed by atoms with E-state index in [0.29, 0.717) is 6.54 Å². The van der Waals surface area contributed by atoms with Crippen LogP contribution in [0.25, 0.3) is 0 Å². The van der Waals surface area contributed by atoms with E-state index in [9.17, 15) is 4.79 Å². The van der Waals surface area contributed by atoms with E-state index in [0.717, 1.165) is 45.6 Å². The first-order chi connectivity index (χ1) is 8.25. The minimum absolute atomic E-state index is 0.0709. The summed E-state index contributed by atoms with van der Waals surface area (Å²) in [5.74, 6) is 0. The number of nitrogens with zero attached hydrogens (tertiary/aromatic N) is 2. The Morgan fingerprint density at radius 1 is 1.29 bits per heavy atom. The SMILES string of the molecule is CN1CCOC(CNC(=O)N2CCCCC2)C1. The van der Waals surface area contributed by atoms with E-state index in [4.69, 9.17) is 4.74 Å². The Morgan fingerprint density at radius 3 is 2.76 bits per heavy atom. The molecule has 0 aromatic carbocycles. The van der Waals surface area contributed by atoms with Gasteiger partial charge in [-0.05, 0) is 26.3 Å². The Hall–Kier alpha value is -0.810. The van der Waals surface area contributed by atoms with E-state index < -0.39 is 0 Å². The largest absolute Gasteiger partial charge is 0.374 e. The second kappa shape index (κ2) is 6.21. The molecule has 0 saturated carbocycles. The van der Waals surface area contributed by atoms with Gasteiger partial charge in [0.2, 0.25) is 0 Å². The Kier molecular flexibility index (Phi) is 4.62. The lowest BCUT2D eigenvalue weighted by Gasteiger charge is -2.31. The predicted molar refractivity (Wildman–Crippen MR) is 66.1 cm³/mol. The lowest BCUT2D eigenvalue weighted by atomic mass is 10.1. The number of nitrogens with one attached hydrogen (secondary N) is 1. The van der Waals surface area contributed by atoms with Crippen molar-refractivity contribution in [2.24, 2.45) is 0 Å². The van der Waals surface area contributed by atoms with Gasteiger partial charge < -0.3 is 19.9 Å². The monoisotopic (exact) mass is 241 g/mol. The Balaban J connectivity index is 1.68. The standard InChI is InChI=1S/C12H23N3O2/c1-14-7-8-17-11(10-14)9-13-12(16)15-5-3-2-4-6-15/h11H,2-10H2,1H3,(H,13,16). The van der Waals surface area contributed by atoms with Crippen LogP contribution in [0.1, 0.15) is 19.3 Å². The first-order valence-corrected chi connectivity index (χ1v) is 6.58. The molecule has 5 nitrogen and oxygen atoms in total. The van der Waals surface area contributed by atoms with Crippen LogP contribution in [0.4, 0.5) is 4.79 Å². The molecule has 0 bridgehead atoms. The average Bonchev–Trinajstić information content (AvgIpc) is 2.37. The van der Waals surface area contributed by atoms with Crippen LogP contribution in [-0.4, -0.2) is 68.3 Å². The quantitative estimate of drug-likeness (QED) is 0.766. The van der Waals surface area contributed by atoms with Crippen molar-refractivity contribution in [1.29, 1.82) is 0 Å². The molecule has 2 saturated heterocycles. The van der Waals surface area contributed by atoms with Gasteiger partial charge in [-0.2, -0.15) is 0 Å². The zero-order valence-corrected chi connectivity index (χ0v) is 10.7. The van der Waals surface area contributed by atoms with Crippen molar-refractivity contribution >= 4 is 6.03 Å². The smallest absolute Gasteiger partial charge is 0.317 e. The van der Waals surface area contributed by atoms with E-state index in [1.54, 1.807) is 0 Å². The first-order valence-electron chi connectivity index (χ1n) is 6.58. The van der Waals surface area contributed by atoms with Gasteiger partial charge in [-0.15, -0.1) is 0 Å². The summed E-state index contributed by atoms with van der Waals surface area (Å²) < 4.78 is 5.61. The van der Waals surface area contributed by atoms with Crippen molar-refractivity contribution in [2.75, 3.05) is 46.4 Å². The van der Waals surface area contributed by atoms with Gasteiger partial charge >= 0.3 is 6.03 Å². The molecule has 17 heavy (non-hydrogen) atoms. The van der Waals surface area contributed by atoms with E-state index in [1.807, 2.05) is 4.90 Å². The molecule has 0 aliphatic carbocycles. The number of amides is 2. The maximum absolute atomic E-state index is 11.9. The van der Waals surface area contributed by atoms with Crippen LogP contribution in [0.15, 0.2) is 0 Å². The molecule has 2 rings (SSSR count). The molecular formula is C12H23N3O2. The third-order valence-electron chi connectivity index (χ3n) is 3.47. The summed E-state index contributed by atoms with van der Waals surface area (Å²) in [7, 11) is 2.09. The van der Waals surface area contributed by atoms with Gasteiger partial charge in [0.05, 0.1) is 12.7 Å². The van der Waals surface area contributed by atoms with Gasteiger partial charge in [0.15, 0.2) is 0 Å². The van der Waals surface area contributed by atoms with Crippen LogP contribution < -0.4 is 5.32 Å². The summed E-state index contributed by atoms with van der Waals surface area (Å²) in [4.78, 5) is 16.0. The zero-order valence-electron chi connectivity index (χ0n) is 10.7. The van der Waals surface area contributed by atoms with Crippen LogP contribution in [0.2, 0.25) is 0 Å². The number of hydrogen-bond donors (Lipinski definition) is 1. The third-order valence-corrected chi connectivity index (χ3v) is 3.47. The van der Waals surface area contributed by atoms with Gasteiger partial charge in [0, 0.05) is 32.7 Å². The van der Waals surface area contributed by atoms with Gasteiger partial charge in [0.25, 0.3) is 0 Å². The predicted octanol–water partition coefficient (Wildman–Crippen LogP) is 0.513. The van der Waals surface area contributed by atoms with Crippen molar-refractivity contribution in [3.8, 4) is 0 Å². The number of urea groups is 1. The molecule has 98 valence electrons. The average molecular weight is 241 g/mol. The fraction of sp³-hybridized carbons (Fsp3) is 0.917. The van der Waals surface area contributed by atoms with Crippen molar-refractivity contribution < 1.29 is 9.53 Å². The Morgan fingerprint density at radius 2 is 2.06 bits per heavy atom. The molecule has 1 atom stereocenters. The normalized spacial score (nSPS) is 26.9. The molecule has 2 aliphatic heterocycles. The number of rotatable bonds is 2. The molecule has 1 N–H and O–H groups in total. The fourth-order valence-electron chi connectivity index (χ4n) is 2.40. The van der Waals surface area contributed by atoms with Crippen LogP contribution in [-0.2, 0) is 4.74 Å². The van der Waals surface area contributed by atoms with Crippen LogP contribution in [0.3, 0.4) is 0 Å². The first kappa shape index (κ1) is 12.6. The topological polar surface area (TPSA) is 44.8 Å². The zero-order chi connectivity index (χ0) is 12.1. The lowest BCUT2D eigenvalue weighted by molar-refractivity contribution is -0.0173. The van der Waals surface area contributed by atoms with E-state index in [-0.39, 0.29) is 12.1 Å². The van der Waals surface area contributed by atoms with Crippen molar-refractivity contribution in [1.82, 2.24) is 15.1 Å². The second-order valence-electron chi connectivity index (χ2n) is 4.99. The number of ether oxygens (including phenoxy) is 1. The highest BCUT2D eigenvalue weighted by atomic mass is 16.5. The van der Waals surface area contributed by atoms with Crippen LogP contribution >= 0.6 is 0 Å². The second-order valence-corrected chi connectivity index (χ2v) is 4.99. The lowest BCUT2D eigenvalue weighted by Crippen LogP contribution is -2.49. The van der Waals surface area contributed by atoms with Crippen LogP contribution in [0, 0.1) is 0 Å². The van der Waals surface area contributed by atoms with Crippen LogP contribution in [0.5, 0.6) is 0 Å². The van der Waals surface area contributed by atoms with Crippen molar-refractivity contribution in [3.63, 3.8) is 0 Å². The fourth-order valence-corrected chi connectivity index (χ4v) is 2.40. The van der Waals surface area contributed by atoms with E-state index in [1.165, 1.54) is 6.42 Å². The summed E-state index contributed by atoms with van der Waals surface area (Å²) >= 11 is 0. The van der Waals surface area contributed by atoms with E-state index in [2.05, 4.69) is 17.3 Å². The highest BCUT2D eigenvalue weighted by Gasteiger charge is 2.20. The molecule has 0 spiro atoms. The van der Waals surface area contributed by atoms with Gasteiger partial charge in [-0.3, -0.25) is 0 Å². The highest BCUT2D eigenvalue weighted by molar-refractivity contribution is 5.74. The number of likely N-dealkylation sites (N-methyl/N-ethyl adjacent to an activating group) is 1. The number of likely N-dealkylation sites (tertiary alicyclic amines) is 1. The number of piperidine rings is 1. The molecule has 1 unspecified atom stereocenters. The summed E-state index contributed by atoms with van der Waals surface area (Å²) in [5.41, 5.74) is 0. The maximum Gasteiger partial charge on any atom is 0.317 e. The molecule has 2 heterocycles. The number of morpholine rings is 1. The number of carbonyl (C=O) groups is 1. The van der Waals surface area contributed by atoms with Crippen molar-refractivity contribution in [2.45, 2.75) is 25.4 Å². The number of hydrogen-bond acceptors (Lipinski definition) is 3. The summed E-state index contributed by atoms with van der Waals surface area (Å²) in [6.07, 6.45) is 3.66. The molecule has 0 aromatic heterocycles. The van der Waals surface area contributed by atoms with Crippen molar-refractivity contribution in [3.05, 3.63) is 0 Å². The number of carbonyl (C=O) groups excluding carboxylic acids is 1. The summed E-state index contributed by atoms with van der Waals surface area (Å²) in [6.45, 7) is 5.08. The Bertz CT molecular complexity index is 254. The Labute approximate surface area is 103 Å². The highest BCUT2D eigenvalue weighted by Crippen LogP contribution is 2.08. The molecule has 0 aromatic rings. The van der Waals surface area contributed by atoms with Gasteiger partial charge in [-0.25, -0.2) is 4.79 Å². The third kappa shape index (κ3) is 3.85. The minimum Gasteiger partial charge on any atom is -0.374 e. The van der Waals surface area contributed by atoms with Gasteiger partial charge in [-0.1, -0.05) is 0 Å². The molecular weight excluding hydrogens is 218 g/mol. The van der Waals surface area contributed by atoms with E-state index >= 15 is 0 Å².